The highest BCUT2D eigenvalue weighted by atomic mass is 16.1. The van der Waals surface area contributed by atoms with Gasteiger partial charge in [0.25, 0.3) is 0 Å². The van der Waals surface area contributed by atoms with Crippen molar-refractivity contribution in [2.75, 3.05) is 0 Å². The Hall–Kier alpha value is -0.330. The predicted octanol–water partition coefficient (Wildman–Crippen LogP) is 6.30. The van der Waals surface area contributed by atoms with Gasteiger partial charge >= 0.3 is 0 Å². The highest BCUT2D eigenvalue weighted by Crippen LogP contribution is 2.22. The molecule has 0 heterocycles. The molecule has 0 aliphatic carbocycles. The van der Waals surface area contributed by atoms with Crippen molar-refractivity contribution in [2.24, 2.45) is 5.92 Å². The minimum Gasteiger partial charge on any atom is -0.303 e. The zero-order valence-corrected chi connectivity index (χ0v) is 13.5. The van der Waals surface area contributed by atoms with Crippen LogP contribution in [0.2, 0.25) is 0 Å². The Labute approximate surface area is 121 Å². The molecule has 1 nitrogen and oxygen atoms in total. The highest BCUT2D eigenvalue weighted by molar-refractivity contribution is 5.48. The first-order chi connectivity index (χ1) is 9.35. The lowest BCUT2D eigenvalue weighted by Gasteiger charge is -2.15. The third-order valence-corrected chi connectivity index (χ3v) is 4.10. The first-order valence-electron chi connectivity index (χ1n) is 8.78. The van der Waals surface area contributed by atoms with E-state index in [4.69, 9.17) is 0 Å². The molecule has 0 spiro atoms. The molecule has 0 saturated carbocycles. The van der Waals surface area contributed by atoms with E-state index in [0.717, 1.165) is 25.0 Å². The zero-order chi connectivity index (χ0) is 14.2. The average molecular weight is 268 g/mol. The zero-order valence-electron chi connectivity index (χ0n) is 13.5. The second kappa shape index (κ2) is 15.7. The van der Waals surface area contributed by atoms with Gasteiger partial charge in [-0.15, -0.1) is 0 Å². The van der Waals surface area contributed by atoms with Crippen LogP contribution in [0, 0.1) is 5.92 Å². The third-order valence-electron chi connectivity index (χ3n) is 4.10. The number of rotatable bonds is 15. The summed E-state index contributed by atoms with van der Waals surface area (Å²) in [6.07, 6.45) is 19.5. The van der Waals surface area contributed by atoms with Crippen LogP contribution < -0.4 is 0 Å². The number of hydrogen-bond acceptors (Lipinski definition) is 1. The average Bonchev–Trinajstić information content (AvgIpc) is 2.42. The van der Waals surface area contributed by atoms with E-state index in [0.29, 0.717) is 0 Å². The van der Waals surface area contributed by atoms with Gasteiger partial charge < -0.3 is 4.79 Å². The maximum atomic E-state index is 10.4. The van der Waals surface area contributed by atoms with Crippen molar-refractivity contribution in [3.63, 3.8) is 0 Å². The van der Waals surface area contributed by atoms with E-state index in [2.05, 4.69) is 13.8 Å². The van der Waals surface area contributed by atoms with Crippen molar-refractivity contribution in [1.29, 1.82) is 0 Å². The van der Waals surface area contributed by atoms with Gasteiger partial charge in [-0.1, -0.05) is 90.9 Å². The van der Waals surface area contributed by atoms with E-state index in [1.165, 1.54) is 77.0 Å². The van der Waals surface area contributed by atoms with Gasteiger partial charge in [0.15, 0.2) is 0 Å². The molecule has 0 bridgehead atoms. The molecular formula is C18H36O. The van der Waals surface area contributed by atoms with Crippen LogP contribution in [-0.4, -0.2) is 6.29 Å². The Morgan fingerprint density at radius 1 is 0.684 bits per heavy atom. The van der Waals surface area contributed by atoms with E-state index in [9.17, 15) is 4.79 Å². The molecule has 0 amide bonds. The van der Waals surface area contributed by atoms with Crippen molar-refractivity contribution in [3.05, 3.63) is 0 Å². The summed E-state index contributed by atoms with van der Waals surface area (Å²) in [6.45, 7) is 4.55. The van der Waals surface area contributed by atoms with Crippen LogP contribution in [0.4, 0.5) is 0 Å². The van der Waals surface area contributed by atoms with E-state index < -0.39 is 0 Å². The van der Waals surface area contributed by atoms with Crippen LogP contribution >= 0.6 is 0 Å². The lowest BCUT2D eigenvalue weighted by molar-refractivity contribution is -0.108. The molecule has 1 atom stereocenters. The van der Waals surface area contributed by atoms with E-state index in [1.54, 1.807) is 0 Å². The summed E-state index contributed by atoms with van der Waals surface area (Å²) in [5.74, 6) is 0.880. The molecule has 0 aromatic carbocycles. The van der Waals surface area contributed by atoms with Crippen molar-refractivity contribution in [2.45, 2.75) is 104 Å². The quantitative estimate of drug-likeness (QED) is 0.251. The maximum Gasteiger partial charge on any atom is 0.119 e. The fraction of sp³-hybridized carbons (Fsp3) is 0.944. The molecular weight excluding hydrogens is 232 g/mol. The Morgan fingerprint density at radius 3 is 1.84 bits per heavy atom. The Kier molecular flexibility index (Phi) is 15.5. The number of hydrogen-bond donors (Lipinski definition) is 0. The summed E-state index contributed by atoms with van der Waals surface area (Å²) in [5, 5.41) is 0. The number of unbranched alkanes of at least 4 members (excludes halogenated alkanes) is 8. The van der Waals surface area contributed by atoms with Gasteiger partial charge in [-0.2, -0.15) is 0 Å². The largest absolute Gasteiger partial charge is 0.303 e. The Bertz CT molecular complexity index is 177. The van der Waals surface area contributed by atoms with Gasteiger partial charge in [-0.25, -0.2) is 0 Å². The van der Waals surface area contributed by atoms with E-state index in [1.807, 2.05) is 0 Å². The minimum atomic E-state index is 0.762. The van der Waals surface area contributed by atoms with E-state index >= 15 is 0 Å². The molecule has 0 aliphatic heterocycles. The number of carbonyl (C=O) groups is 1. The highest BCUT2D eigenvalue weighted by Gasteiger charge is 2.07. The van der Waals surface area contributed by atoms with Gasteiger partial charge in [0.2, 0.25) is 0 Å². The molecule has 0 fully saturated rings. The second-order valence-electron chi connectivity index (χ2n) is 6.02. The predicted molar refractivity (Wildman–Crippen MR) is 85.5 cm³/mol. The SMILES string of the molecule is CCCCCCCCCCC(CCC)CCCC=O. The normalized spacial score (nSPS) is 12.5. The van der Waals surface area contributed by atoms with Crippen molar-refractivity contribution < 1.29 is 4.79 Å². The molecule has 0 radical (unpaired) electrons. The van der Waals surface area contributed by atoms with Gasteiger partial charge in [0, 0.05) is 6.42 Å². The summed E-state index contributed by atoms with van der Waals surface area (Å²) in [7, 11) is 0. The van der Waals surface area contributed by atoms with Gasteiger partial charge in [0.05, 0.1) is 0 Å². The number of carbonyl (C=O) groups excluding carboxylic acids is 1. The molecule has 0 saturated heterocycles. The monoisotopic (exact) mass is 268 g/mol. The summed E-state index contributed by atoms with van der Waals surface area (Å²) >= 11 is 0. The maximum absolute atomic E-state index is 10.4. The topological polar surface area (TPSA) is 17.1 Å². The Morgan fingerprint density at radius 2 is 1.26 bits per heavy atom. The fourth-order valence-electron chi connectivity index (χ4n) is 2.90. The summed E-state index contributed by atoms with van der Waals surface area (Å²) in [6, 6.07) is 0. The van der Waals surface area contributed by atoms with Crippen LogP contribution in [0.1, 0.15) is 104 Å². The van der Waals surface area contributed by atoms with Gasteiger partial charge in [-0.05, 0) is 12.3 Å². The minimum absolute atomic E-state index is 0.762. The third kappa shape index (κ3) is 13.9. The molecule has 0 N–H and O–H groups in total. The van der Waals surface area contributed by atoms with Crippen LogP contribution in [0.3, 0.4) is 0 Å². The first-order valence-corrected chi connectivity index (χ1v) is 8.78. The standard InChI is InChI=1S/C18H36O/c1-3-5-6-7-8-9-10-11-15-18(14-4-2)16-12-13-17-19/h17-18H,3-16H2,1-2H3. The lowest BCUT2D eigenvalue weighted by Crippen LogP contribution is -2.00. The summed E-state index contributed by atoms with van der Waals surface area (Å²) in [4.78, 5) is 10.4. The smallest absolute Gasteiger partial charge is 0.119 e. The Balaban J connectivity index is 3.39. The van der Waals surface area contributed by atoms with Crippen LogP contribution in [0.5, 0.6) is 0 Å². The lowest BCUT2D eigenvalue weighted by atomic mass is 9.91. The molecule has 0 aromatic rings. The van der Waals surface area contributed by atoms with Crippen LogP contribution in [0.25, 0.3) is 0 Å². The molecule has 19 heavy (non-hydrogen) atoms. The van der Waals surface area contributed by atoms with E-state index in [-0.39, 0.29) is 0 Å². The van der Waals surface area contributed by atoms with Gasteiger partial charge in [0.1, 0.15) is 6.29 Å². The molecule has 0 rings (SSSR count). The van der Waals surface area contributed by atoms with Gasteiger partial charge in [-0.3, -0.25) is 0 Å². The first kappa shape index (κ1) is 18.7. The molecule has 0 aliphatic rings. The van der Waals surface area contributed by atoms with Crippen LogP contribution in [0.15, 0.2) is 0 Å². The molecule has 0 aromatic heterocycles. The van der Waals surface area contributed by atoms with Crippen molar-refractivity contribution in [3.8, 4) is 0 Å². The molecule has 1 unspecified atom stereocenters. The summed E-state index contributed by atoms with van der Waals surface area (Å²) < 4.78 is 0. The van der Waals surface area contributed by atoms with Crippen LogP contribution in [-0.2, 0) is 4.79 Å². The number of aldehydes is 1. The van der Waals surface area contributed by atoms with Crippen molar-refractivity contribution >= 4 is 6.29 Å². The van der Waals surface area contributed by atoms with Crippen molar-refractivity contribution in [1.82, 2.24) is 0 Å². The molecule has 114 valence electrons. The molecule has 1 heteroatoms. The second-order valence-corrected chi connectivity index (χ2v) is 6.02. The summed E-state index contributed by atoms with van der Waals surface area (Å²) in [5.41, 5.74) is 0. The fourth-order valence-corrected chi connectivity index (χ4v) is 2.90.